The molecule has 0 spiro atoms. The molecule has 0 unspecified atom stereocenters. The highest BCUT2D eigenvalue weighted by molar-refractivity contribution is 6.32. The van der Waals surface area contributed by atoms with E-state index in [-0.39, 0.29) is 35.1 Å². The van der Waals surface area contributed by atoms with Crippen LogP contribution in [0.15, 0.2) is 66.0 Å². The molecule has 0 aromatic heterocycles. The number of rotatable bonds is 9. The molecule has 2 aromatic rings. The second-order valence-electron chi connectivity index (χ2n) is 7.53. The molecule has 0 atom stereocenters. The highest BCUT2D eigenvalue weighted by Crippen LogP contribution is 2.40. The summed E-state index contributed by atoms with van der Waals surface area (Å²) >= 11 is 5.99. The summed E-state index contributed by atoms with van der Waals surface area (Å²) in [4.78, 5) is 38.6. The van der Waals surface area contributed by atoms with Crippen LogP contribution < -0.4 is 4.74 Å². The number of nitro groups is 1. The minimum Gasteiger partial charge on any atom is -0.497 e. The standard InChI is InChI=1S/C25H25ClN2O7/c1-4-34-24(29)19-14-27(13-16-6-9-18(33-3)10-7-16)15-20(25(30)35-5-2)23(19)17-8-11-21(26)22(12-17)28(31)32/h6-12,14-15,23H,4-5,13H2,1-3H3. The summed E-state index contributed by atoms with van der Waals surface area (Å²) in [5.41, 5.74) is 1.18. The number of halogens is 1. The van der Waals surface area contributed by atoms with Crippen molar-refractivity contribution in [2.75, 3.05) is 20.3 Å². The molecule has 0 saturated heterocycles. The molecule has 0 radical (unpaired) electrons. The van der Waals surface area contributed by atoms with Gasteiger partial charge in [0.25, 0.3) is 5.69 Å². The van der Waals surface area contributed by atoms with Crippen molar-refractivity contribution < 1.29 is 28.7 Å². The molecule has 0 saturated carbocycles. The Morgan fingerprint density at radius 3 is 2.06 bits per heavy atom. The first-order valence-electron chi connectivity index (χ1n) is 10.9. The molecule has 0 aliphatic carbocycles. The molecule has 0 fully saturated rings. The number of esters is 2. The largest absolute Gasteiger partial charge is 0.497 e. The fraction of sp³-hybridized carbons (Fsp3) is 0.280. The van der Waals surface area contributed by atoms with Crippen molar-refractivity contribution in [1.82, 2.24) is 4.90 Å². The summed E-state index contributed by atoms with van der Waals surface area (Å²) in [7, 11) is 1.57. The van der Waals surface area contributed by atoms with E-state index in [0.29, 0.717) is 17.9 Å². The Labute approximate surface area is 207 Å². The second kappa shape index (κ2) is 11.5. The van der Waals surface area contributed by atoms with Crippen molar-refractivity contribution in [3.63, 3.8) is 0 Å². The lowest BCUT2D eigenvalue weighted by Gasteiger charge is -2.30. The summed E-state index contributed by atoms with van der Waals surface area (Å²) in [6.07, 6.45) is 3.16. The van der Waals surface area contributed by atoms with E-state index in [4.69, 9.17) is 25.8 Å². The van der Waals surface area contributed by atoms with Gasteiger partial charge in [-0.15, -0.1) is 0 Å². The van der Waals surface area contributed by atoms with Gasteiger partial charge in [-0.3, -0.25) is 10.1 Å². The molecule has 1 aliphatic heterocycles. The topological polar surface area (TPSA) is 108 Å². The van der Waals surface area contributed by atoms with Crippen LogP contribution in [0.25, 0.3) is 0 Å². The van der Waals surface area contributed by atoms with E-state index in [2.05, 4.69) is 0 Å². The average molecular weight is 501 g/mol. The quantitative estimate of drug-likeness (QED) is 0.276. The van der Waals surface area contributed by atoms with Gasteiger partial charge in [0.2, 0.25) is 0 Å². The fourth-order valence-electron chi connectivity index (χ4n) is 3.72. The number of carbonyl (C=O) groups excluding carboxylic acids is 2. The molecule has 0 N–H and O–H groups in total. The van der Waals surface area contributed by atoms with E-state index in [0.717, 1.165) is 5.56 Å². The number of hydrogen-bond donors (Lipinski definition) is 0. The first-order chi connectivity index (χ1) is 16.8. The van der Waals surface area contributed by atoms with Crippen molar-refractivity contribution in [2.24, 2.45) is 0 Å². The van der Waals surface area contributed by atoms with Crippen LogP contribution in [-0.2, 0) is 25.6 Å². The normalized spacial score (nSPS) is 13.5. The van der Waals surface area contributed by atoms with Gasteiger partial charge in [-0.25, -0.2) is 9.59 Å². The number of methoxy groups -OCH3 is 1. The number of nitro benzene ring substituents is 1. The number of carbonyl (C=O) groups is 2. The summed E-state index contributed by atoms with van der Waals surface area (Å²) < 4.78 is 15.7. The van der Waals surface area contributed by atoms with Gasteiger partial charge in [-0.2, -0.15) is 0 Å². The zero-order valence-electron chi connectivity index (χ0n) is 19.5. The molecule has 184 valence electrons. The minimum absolute atomic E-state index is 0.0565. The van der Waals surface area contributed by atoms with Gasteiger partial charge in [0, 0.05) is 25.0 Å². The molecule has 35 heavy (non-hydrogen) atoms. The van der Waals surface area contributed by atoms with Crippen LogP contribution in [0.1, 0.15) is 30.9 Å². The summed E-state index contributed by atoms with van der Waals surface area (Å²) in [5.74, 6) is -1.55. The van der Waals surface area contributed by atoms with Gasteiger partial charge < -0.3 is 19.1 Å². The van der Waals surface area contributed by atoms with Crippen LogP contribution in [0.5, 0.6) is 5.75 Å². The molecule has 10 heteroatoms. The second-order valence-corrected chi connectivity index (χ2v) is 7.94. The lowest BCUT2D eigenvalue weighted by molar-refractivity contribution is -0.384. The Hall–Kier alpha value is -3.85. The maximum absolute atomic E-state index is 13.0. The van der Waals surface area contributed by atoms with Crippen LogP contribution in [0.3, 0.4) is 0 Å². The smallest absolute Gasteiger partial charge is 0.336 e. The summed E-state index contributed by atoms with van der Waals surface area (Å²) in [6.45, 7) is 3.89. The van der Waals surface area contributed by atoms with Gasteiger partial charge in [0.1, 0.15) is 10.8 Å². The van der Waals surface area contributed by atoms with Gasteiger partial charge in [0.15, 0.2) is 0 Å². The lowest BCUT2D eigenvalue weighted by atomic mass is 9.83. The first kappa shape index (κ1) is 25.8. The van der Waals surface area contributed by atoms with E-state index in [9.17, 15) is 19.7 Å². The van der Waals surface area contributed by atoms with Gasteiger partial charge in [-0.05, 0) is 43.2 Å². The molecule has 1 heterocycles. The van der Waals surface area contributed by atoms with Crippen LogP contribution >= 0.6 is 11.6 Å². The molecule has 2 aromatic carbocycles. The molecular weight excluding hydrogens is 476 g/mol. The van der Waals surface area contributed by atoms with E-state index >= 15 is 0 Å². The number of nitrogens with zero attached hydrogens (tertiary/aromatic N) is 2. The predicted molar refractivity (Wildman–Crippen MR) is 129 cm³/mol. The summed E-state index contributed by atoms with van der Waals surface area (Å²) in [6, 6.07) is 11.5. The predicted octanol–water partition coefficient (Wildman–Crippen LogP) is 4.75. The Bertz CT molecular complexity index is 1140. The molecule has 1 aliphatic rings. The fourth-order valence-corrected chi connectivity index (χ4v) is 3.91. The van der Waals surface area contributed by atoms with Crippen LogP contribution in [0.2, 0.25) is 5.02 Å². The maximum atomic E-state index is 13.0. The molecule has 9 nitrogen and oxygen atoms in total. The number of ether oxygens (including phenoxy) is 3. The van der Waals surface area contributed by atoms with Crippen LogP contribution in [-0.4, -0.2) is 42.1 Å². The molecular formula is C25H25ClN2O7. The number of benzene rings is 2. The van der Waals surface area contributed by atoms with E-state index in [1.807, 2.05) is 12.1 Å². The zero-order chi connectivity index (χ0) is 25.5. The van der Waals surface area contributed by atoms with Crippen molar-refractivity contribution in [3.05, 3.63) is 92.3 Å². The first-order valence-corrected chi connectivity index (χ1v) is 11.3. The van der Waals surface area contributed by atoms with Crippen molar-refractivity contribution in [1.29, 1.82) is 0 Å². The Kier molecular flexibility index (Phi) is 8.48. The van der Waals surface area contributed by atoms with E-state index < -0.39 is 22.8 Å². The third-order valence-corrected chi connectivity index (χ3v) is 5.60. The van der Waals surface area contributed by atoms with E-state index in [1.54, 1.807) is 56.5 Å². The maximum Gasteiger partial charge on any atom is 0.336 e. The molecule has 0 amide bonds. The highest BCUT2D eigenvalue weighted by atomic mass is 35.5. The lowest BCUT2D eigenvalue weighted by Crippen LogP contribution is -2.29. The Morgan fingerprint density at radius 1 is 1.00 bits per heavy atom. The van der Waals surface area contributed by atoms with Crippen LogP contribution in [0, 0.1) is 10.1 Å². The third kappa shape index (κ3) is 5.99. The third-order valence-electron chi connectivity index (χ3n) is 5.28. The Morgan fingerprint density at radius 2 is 1.57 bits per heavy atom. The van der Waals surface area contributed by atoms with E-state index in [1.165, 1.54) is 12.1 Å². The monoisotopic (exact) mass is 500 g/mol. The highest BCUT2D eigenvalue weighted by Gasteiger charge is 2.36. The number of hydrogen-bond acceptors (Lipinski definition) is 8. The van der Waals surface area contributed by atoms with Crippen LogP contribution in [0.4, 0.5) is 5.69 Å². The van der Waals surface area contributed by atoms with Crippen molar-refractivity contribution >= 4 is 29.2 Å². The van der Waals surface area contributed by atoms with Gasteiger partial charge in [-0.1, -0.05) is 29.8 Å². The average Bonchev–Trinajstić information content (AvgIpc) is 2.84. The minimum atomic E-state index is -0.948. The summed E-state index contributed by atoms with van der Waals surface area (Å²) in [5, 5.41) is 11.4. The molecule has 3 rings (SSSR count). The molecule has 0 bridgehead atoms. The van der Waals surface area contributed by atoms with Crippen molar-refractivity contribution in [3.8, 4) is 5.75 Å². The SMILES string of the molecule is CCOC(=O)C1=CN(Cc2ccc(OC)cc2)C=C(C(=O)OCC)C1c1ccc(Cl)c([N+](=O)[O-])c1. The van der Waals surface area contributed by atoms with Gasteiger partial charge >= 0.3 is 11.9 Å². The van der Waals surface area contributed by atoms with Gasteiger partial charge in [0.05, 0.1) is 42.3 Å². The van der Waals surface area contributed by atoms with Crippen molar-refractivity contribution in [2.45, 2.75) is 26.3 Å². The Balaban J connectivity index is 2.11. The zero-order valence-corrected chi connectivity index (χ0v) is 20.3.